The van der Waals surface area contributed by atoms with Crippen molar-refractivity contribution in [2.45, 2.75) is 25.8 Å². The number of amides is 2. The quantitative estimate of drug-likeness (QED) is 0.461. The monoisotopic (exact) mass is 171 g/mol. The van der Waals surface area contributed by atoms with E-state index in [2.05, 4.69) is 10.9 Å². The number of hydrogen-bond acceptors (Lipinski definition) is 3. The Kier molecular flexibility index (Phi) is 2.65. The minimum atomic E-state index is -0.593. The first-order valence-corrected chi connectivity index (χ1v) is 3.96. The first-order valence-electron chi connectivity index (χ1n) is 3.96. The molecule has 0 unspecified atom stereocenters. The van der Waals surface area contributed by atoms with Gasteiger partial charge in [0.1, 0.15) is 0 Å². The van der Waals surface area contributed by atoms with E-state index in [9.17, 15) is 9.59 Å². The highest BCUT2D eigenvalue weighted by atomic mass is 16.2. The number of carbonyl (C=O) groups excluding carboxylic acids is 2. The third-order valence-electron chi connectivity index (χ3n) is 1.67. The van der Waals surface area contributed by atoms with Crippen LogP contribution in [0.1, 0.15) is 19.8 Å². The van der Waals surface area contributed by atoms with E-state index < -0.39 is 6.04 Å². The minimum absolute atomic E-state index is 0.0957. The fraction of sp³-hybridized carbons (Fsp3) is 0.714. The SMILES string of the molecule is C[C@H](N)C(=O)NNC(=O)C1CC1. The van der Waals surface area contributed by atoms with Crippen LogP contribution in [0.3, 0.4) is 0 Å². The second-order valence-corrected chi connectivity index (χ2v) is 3.04. The van der Waals surface area contributed by atoms with E-state index in [1.165, 1.54) is 0 Å². The molecule has 0 heterocycles. The minimum Gasteiger partial charge on any atom is -0.320 e. The molecular weight excluding hydrogens is 158 g/mol. The molecule has 0 aromatic carbocycles. The van der Waals surface area contributed by atoms with Crippen LogP contribution in [0.15, 0.2) is 0 Å². The zero-order valence-corrected chi connectivity index (χ0v) is 6.96. The van der Waals surface area contributed by atoms with E-state index in [-0.39, 0.29) is 17.7 Å². The topological polar surface area (TPSA) is 84.2 Å². The van der Waals surface area contributed by atoms with Gasteiger partial charge in [-0.2, -0.15) is 0 Å². The van der Waals surface area contributed by atoms with Crippen LogP contribution in [0.5, 0.6) is 0 Å². The fourth-order valence-corrected chi connectivity index (χ4v) is 0.685. The third kappa shape index (κ3) is 2.50. The van der Waals surface area contributed by atoms with Crippen molar-refractivity contribution in [2.24, 2.45) is 11.7 Å². The highest BCUT2D eigenvalue weighted by molar-refractivity contribution is 5.86. The molecule has 4 N–H and O–H groups in total. The van der Waals surface area contributed by atoms with Crippen LogP contribution < -0.4 is 16.6 Å². The van der Waals surface area contributed by atoms with Crippen molar-refractivity contribution in [1.29, 1.82) is 0 Å². The van der Waals surface area contributed by atoms with Crippen LogP contribution in [0.25, 0.3) is 0 Å². The fourth-order valence-electron chi connectivity index (χ4n) is 0.685. The first-order chi connectivity index (χ1) is 5.61. The summed E-state index contributed by atoms with van der Waals surface area (Å²) < 4.78 is 0. The number of nitrogens with one attached hydrogen (secondary N) is 2. The Morgan fingerprint density at radius 3 is 2.42 bits per heavy atom. The van der Waals surface area contributed by atoms with Gasteiger partial charge in [-0.1, -0.05) is 0 Å². The van der Waals surface area contributed by atoms with Gasteiger partial charge in [0.15, 0.2) is 0 Å². The van der Waals surface area contributed by atoms with Gasteiger partial charge in [0.2, 0.25) is 5.91 Å². The molecule has 0 radical (unpaired) electrons. The van der Waals surface area contributed by atoms with Gasteiger partial charge in [0, 0.05) is 5.92 Å². The van der Waals surface area contributed by atoms with Gasteiger partial charge in [-0.05, 0) is 19.8 Å². The van der Waals surface area contributed by atoms with Crippen LogP contribution in [0.4, 0.5) is 0 Å². The largest absolute Gasteiger partial charge is 0.320 e. The van der Waals surface area contributed by atoms with Gasteiger partial charge in [0.25, 0.3) is 5.91 Å². The highest BCUT2D eigenvalue weighted by Gasteiger charge is 2.29. The zero-order valence-electron chi connectivity index (χ0n) is 6.96. The lowest BCUT2D eigenvalue weighted by molar-refractivity contribution is -0.130. The Morgan fingerprint density at radius 2 is 2.00 bits per heavy atom. The molecule has 1 fully saturated rings. The number of nitrogens with two attached hydrogens (primary N) is 1. The molecule has 0 saturated heterocycles. The maximum atomic E-state index is 11.0. The molecule has 68 valence electrons. The summed E-state index contributed by atoms with van der Waals surface area (Å²) in [5.41, 5.74) is 9.80. The standard InChI is InChI=1S/C7H13N3O2/c1-4(8)6(11)9-10-7(12)5-2-3-5/h4-5H,2-3,8H2,1H3,(H,9,11)(H,10,12)/t4-/m0/s1. The van der Waals surface area contributed by atoms with Crippen molar-refractivity contribution in [3.05, 3.63) is 0 Å². The van der Waals surface area contributed by atoms with Crippen molar-refractivity contribution in [3.63, 3.8) is 0 Å². The first kappa shape index (κ1) is 8.99. The molecule has 2 amide bonds. The van der Waals surface area contributed by atoms with Crippen molar-refractivity contribution < 1.29 is 9.59 Å². The third-order valence-corrected chi connectivity index (χ3v) is 1.67. The maximum Gasteiger partial charge on any atom is 0.254 e. The Labute approximate surface area is 70.7 Å². The van der Waals surface area contributed by atoms with Crippen molar-refractivity contribution in [2.75, 3.05) is 0 Å². The molecule has 5 nitrogen and oxygen atoms in total. The lowest BCUT2D eigenvalue weighted by atomic mass is 10.3. The molecule has 5 heteroatoms. The second kappa shape index (κ2) is 3.53. The maximum absolute atomic E-state index is 11.0. The zero-order chi connectivity index (χ0) is 9.14. The number of hydrogen-bond donors (Lipinski definition) is 3. The lowest BCUT2D eigenvalue weighted by Gasteiger charge is -2.07. The summed E-state index contributed by atoms with van der Waals surface area (Å²) in [5.74, 6) is -0.397. The van der Waals surface area contributed by atoms with E-state index in [0.717, 1.165) is 12.8 Å². The summed E-state index contributed by atoms with van der Waals surface area (Å²) in [4.78, 5) is 21.8. The van der Waals surface area contributed by atoms with E-state index in [1.54, 1.807) is 6.92 Å². The molecule has 0 aromatic heterocycles. The van der Waals surface area contributed by atoms with E-state index >= 15 is 0 Å². The predicted molar refractivity (Wildman–Crippen MR) is 42.7 cm³/mol. The van der Waals surface area contributed by atoms with Gasteiger partial charge in [-0.25, -0.2) is 0 Å². The average molecular weight is 171 g/mol. The molecule has 1 rings (SSSR count). The Bertz CT molecular complexity index is 185. The van der Waals surface area contributed by atoms with Crippen LogP contribution in [-0.4, -0.2) is 17.9 Å². The lowest BCUT2D eigenvalue weighted by Crippen LogP contribution is -2.48. The highest BCUT2D eigenvalue weighted by Crippen LogP contribution is 2.28. The Balaban J connectivity index is 2.15. The molecule has 0 aliphatic heterocycles. The van der Waals surface area contributed by atoms with Crippen molar-refractivity contribution in [3.8, 4) is 0 Å². The van der Waals surface area contributed by atoms with Gasteiger partial charge in [0.05, 0.1) is 6.04 Å². The molecule has 0 aromatic rings. The molecular formula is C7H13N3O2. The summed E-state index contributed by atoms with van der Waals surface area (Å²) in [6.45, 7) is 1.55. The number of hydrazine groups is 1. The van der Waals surface area contributed by atoms with Gasteiger partial charge >= 0.3 is 0 Å². The van der Waals surface area contributed by atoms with Gasteiger partial charge in [-0.3, -0.25) is 20.4 Å². The summed E-state index contributed by atoms with van der Waals surface area (Å²) in [6.07, 6.45) is 1.83. The molecule has 12 heavy (non-hydrogen) atoms. The Morgan fingerprint density at radius 1 is 1.42 bits per heavy atom. The van der Waals surface area contributed by atoms with Crippen LogP contribution in [0.2, 0.25) is 0 Å². The average Bonchev–Trinajstić information content (AvgIpc) is 2.81. The molecule has 0 spiro atoms. The van der Waals surface area contributed by atoms with E-state index in [4.69, 9.17) is 5.73 Å². The summed E-state index contributed by atoms with van der Waals surface area (Å²) in [5, 5.41) is 0. The summed E-state index contributed by atoms with van der Waals surface area (Å²) in [6, 6.07) is -0.593. The summed E-state index contributed by atoms with van der Waals surface area (Å²) >= 11 is 0. The van der Waals surface area contributed by atoms with E-state index in [0.29, 0.717) is 0 Å². The Hall–Kier alpha value is -1.10. The molecule has 1 atom stereocenters. The predicted octanol–water partition coefficient (Wildman–Crippen LogP) is -1.11. The molecule has 1 aliphatic carbocycles. The van der Waals surface area contributed by atoms with Gasteiger partial charge in [-0.15, -0.1) is 0 Å². The van der Waals surface area contributed by atoms with Crippen LogP contribution in [0, 0.1) is 5.92 Å². The van der Waals surface area contributed by atoms with Crippen LogP contribution >= 0.6 is 0 Å². The second-order valence-electron chi connectivity index (χ2n) is 3.04. The van der Waals surface area contributed by atoms with Gasteiger partial charge < -0.3 is 5.73 Å². The summed E-state index contributed by atoms with van der Waals surface area (Å²) in [7, 11) is 0. The van der Waals surface area contributed by atoms with Crippen molar-refractivity contribution in [1.82, 2.24) is 10.9 Å². The molecule has 1 saturated carbocycles. The molecule has 1 aliphatic rings. The molecule has 0 bridgehead atoms. The van der Waals surface area contributed by atoms with Crippen LogP contribution in [-0.2, 0) is 9.59 Å². The van der Waals surface area contributed by atoms with E-state index in [1.807, 2.05) is 0 Å². The smallest absolute Gasteiger partial charge is 0.254 e. The van der Waals surface area contributed by atoms with Crippen molar-refractivity contribution >= 4 is 11.8 Å². The number of rotatable bonds is 2. The normalized spacial score (nSPS) is 18.2. The number of carbonyl (C=O) groups is 2.